The van der Waals surface area contributed by atoms with Gasteiger partial charge in [0.25, 0.3) is 0 Å². The molecule has 1 atom stereocenters. The molecular weight excluding hydrogens is 264 g/mol. The zero-order chi connectivity index (χ0) is 16.4. The van der Waals surface area contributed by atoms with E-state index in [1.165, 1.54) is 41.2 Å². The van der Waals surface area contributed by atoms with Gasteiger partial charge in [-0.15, -0.1) is 0 Å². The molecule has 118 valence electrons. The Balaban J connectivity index is 2.53. The van der Waals surface area contributed by atoms with Crippen LogP contribution in [-0.4, -0.2) is 0 Å². The molecule has 1 unspecified atom stereocenters. The number of rotatable bonds is 3. The molecule has 0 saturated carbocycles. The first-order chi connectivity index (χ1) is 10.3. The van der Waals surface area contributed by atoms with Gasteiger partial charge < -0.3 is 0 Å². The summed E-state index contributed by atoms with van der Waals surface area (Å²) in [5.41, 5.74) is 6.67. The highest BCUT2D eigenvalue weighted by atomic mass is 14.3. The highest BCUT2D eigenvalue weighted by Crippen LogP contribution is 2.34. The van der Waals surface area contributed by atoms with E-state index in [1.54, 1.807) is 5.57 Å². The Morgan fingerprint density at radius 1 is 1.27 bits per heavy atom. The van der Waals surface area contributed by atoms with Crippen molar-refractivity contribution >= 4 is 18.2 Å². The van der Waals surface area contributed by atoms with Gasteiger partial charge in [-0.25, -0.2) is 0 Å². The first-order valence-corrected chi connectivity index (χ1v) is 8.45. The van der Waals surface area contributed by atoms with Crippen LogP contribution in [0, 0.1) is 18.8 Å². The van der Waals surface area contributed by atoms with Crippen LogP contribution in [0.15, 0.2) is 29.9 Å². The van der Waals surface area contributed by atoms with Gasteiger partial charge in [-0.3, -0.25) is 0 Å². The molecule has 0 saturated heterocycles. The van der Waals surface area contributed by atoms with Crippen molar-refractivity contribution in [2.75, 3.05) is 0 Å². The maximum atomic E-state index is 4.28. The molecule has 0 heteroatoms. The lowest BCUT2D eigenvalue weighted by Gasteiger charge is -2.27. The third kappa shape index (κ3) is 3.61. The van der Waals surface area contributed by atoms with Crippen molar-refractivity contribution in [3.63, 3.8) is 0 Å². The molecule has 0 aromatic heterocycles. The van der Waals surface area contributed by atoms with Gasteiger partial charge in [0.1, 0.15) is 0 Å². The van der Waals surface area contributed by atoms with E-state index in [0.29, 0.717) is 0 Å². The lowest BCUT2D eigenvalue weighted by atomic mass is 9.78. The molecule has 0 fully saturated rings. The summed E-state index contributed by atoms with van der Waals surface area (Å²) < 4.78 is 0. The molecule has 0 aliphatic heterocycles. The number of hydrogen-bond donors (Lipinski definition) is 0. The van der Waals surface area contributed by atoms with Gasteiger partial charge >= 0.3 is 0 Å². The molecule has 0 radical (unpaired) electrons. The molecule has 0 bridgehead atoms. The Morgan fingerprint density at radius 3 is 2.55 bits per heavy atom. The SMILES string of the molecule is C=C(C)c1cc(C)c(=C)/c(=C\C2=C(C)CCC(C(C)C)C2)c1. The normalized spacial score (nSPS) is 19.9. The lowest BCUT2D eigenvalue weighted by molar-refractivity contribution is 0.346. The molecular formula is C22H30. The van der Waals surface area contributed by atoms with E-state index in [2.05, 4.69) is 66.0 Å². The molecule has 0 heterocycles. The Kier molecular flexibility index (Phi) is 5.11. The number of aryl methyl sites for hydroxylation is 1. The molecule has 0 amide bonds. The van der Waals surface area contributed by atoms with E-state index in [-0.39, 0.29) is 0 Å². The van der Waals surface area contributed by atoms with Gasteiger partial charge in [0.15, 0.2) is 0 Å². The molecule has 2 rings (SSSR count). The second-order valence-electron chi connectivity index (χ2n) is 7.34. The lowest BCUT2D eigenvalue weighted by Crippen LogP contribution is -2.27. The van der Waals surface area contributed by atoms with Crippen molar-refractivity contribution in [3.05, 3.63) is 51.4 Å². The Labute approximate surface area is 136 Å². The van der Waals surface area contributed by atoms with Gasteiger partial charge in [-0.05, 0) is 85.1 Å². The van der Waals surface area contributed by atoms with Gasteiger partial charge in [-0.2, -0.15) is 0 Å². The maximum Gasteiger partial charge on any atom is -0.0179 e. The van der Waals surface area contributed by atoms with Gasteiger partial charge in [0.05, 0.1) is 0 Å². The summed E-state index contributed by atoms with van der Waals surface area (Å²) in [6.07, 6.45) is 6.16. The minimum atomic E-state index is 0.763. The molecule has 1 aromatic rings. The standard InChI is InChI=1S/C22H30/c1-14(2)19-9-8-16(5)21(11-19)13-22-12-20(15(3)4)10-17(6)18(22)7/h10,12-14,19H,3,7-9,11H2,1-2,4-6H3/b22-13-. The summed E-state index contributed by atoms with van der Waals surface area (Å²) in [4.78, 5) is 0. The van der Waals surface area contributed by atoms with E-state index in [1.807, 2.05) is 0 Å². The molecule has 22 heavy (non-hydrogen) atoms. The monoisotopic (exact) mass is 294 g/mol. The Morgan fingerprint density at radius 2 is 1.95 bits per heavy atom. The number of hydrogen-bond acceptors (Lipinski definition) is 0. The highest BCUT2D eigenvalue weighted by molar-refractivity contribution is 5.63. The molecule has 0 nitrogen and oxygen atoms in total. The fourth-order valence-corrected chi connectivity index (χ4v) is 3.28. The van der Waals surface area contributed by atoms with Crippen LogP contribution in [0.5, 0.6) is 0 Å². The van der Waals surface area contributed by atoms with Crippen LogP contribution in [0.4, 0.5) is 0 Å². The minimum absolute atomic E-state index is 0.763. The van der Waals surface area contributed by atoms with E-state index >= 15 is 0 Å². The van der Waals surface area contributed by atoms with E-state index in [0.717, 1.165) is 22.6 Å². The smallest absolute Gasteiger partial charge is 0.0179 e. The zero-order valence-electron chi connectivity index (χ0n) is 14.9. The van der Waals surface area contributed by atoms with Crippen molar-refractivity contribution in [2.45, 2.75) is 53.9 Å². The fraction of sp³-hybridized carbons (Fsp3) is 0.455. The Hall–Kier alpha value is -1.56. The van der Waals surface area contributed by atoms with Gasteiger partial charge in [-0.1, -0.05) is 50.3 Å². The van der Waals surface area contributed by atoms with Crippen molar-refractivity contribution in [2.24, 2.45) is 11.8 Å². The van der Waals surface area contributed by atoms with E-state index in [9.17, 15) is 0 Å². The van der Waals surface area contributed by atoms with Gasteiger partial charge in [0.2, 0.25) is 0 Å². The van der Waals surface area contributed by atoms with Crippen molar-refractivity contribution in [1.82, 2.24) is 0 Å². The summed E-state index contributed by atoms with van der Waals surface area (Å²) in [6, 6.07) is 4.44. The van der Waals surface area contributed by atoms with E-state index < -0.39 is 0 Å². The summed E-state index contributed by atoms with van der Waals surface area (Å²) in [6.45, 7) is 19.6. The predicted octanol–water partition coefficient (Wildman–Crippen LogP) is 4.99. The second kappa shape index (κ2) is 6.69. The van der Waals surface area contributed by atoms with Gasteiger partial charge in [0, 0.05) is 0 Å². The van der Waals surface area contributed by atoms with Crippen LogP contribution in [-0.2, 0) is 0 Å². The van der Waals surface area contributed by atoms with Crippen LogP contribution < -0.4 is 10.4 Å². The summed E-state index contributed by atoms with van der Waals surface area (Å²) in [5.74, 6) is 1.58. The maximum absolute atomic E-state index is 4.28. The third-order valence-electron chi connectivity index (χ3n) is 5.19. The van der Waals surface area contributed by atoms with Crippen LogP contribution in [0.25, 0.3) is 18.2 Å². The van der Waals surface area contributed by atoms with Crippen LogP contribution in [0.3, 0.4) is 0 Å². The molecule has 1 aromatic carbocycles. The van der Waals surface area contributed by atoms with Crippen LogP contribution in [0.2, 0.25) is 0 Å². The first kappa shape index (κ1) is 16.8. The Bertz CT molecular complexity index is 713. The average molecular weight is 294 g/mol. The first-order valence-electron chi connectivity index (χ1n) is 8.45. The van der Waals surface area contributed by atoms with Crippen LogP contribution in [0.1, 0.15) is 58.1 Å². The number of allylic oxidation sites excluding steroid dienone is 3. The second-order valence-corrected chi connectivity index (χ2v) is 7.34. The molecule has 0 spiro atoms. The highest BCUT2D eigenvalue weighted by Gasteiger charge is 2.20. The topological polar surface area (TPSA) is 0 Å². The van der Waals surface area contributed by atoms with Crippen molar-refractivity contribution < 1.29 is 0 Å². The molecule has 1 aliphatic rings. The quantitative estimate of drug-likeness (QED) is 0.736. The summed E-state index contributed by atoms with van der Waals surface area (Å²) >= 11 is 0. The molecule has 0 N–H and O–H groups in total. The average Bonchev–Trinajstić information content (AvgIpc) is 2.45. The summed E-state index contributed by atoms with van der Waals surface area (Å²) in [5, 5.41) is 2.41. The van der Waals surface area contributed by atoms with Crippen molar-refractivity contribution in [1.29, 1.82) is 0 Å². The van der Waals surface area contributed by atoms with E-state index in [4.69, 9.17) is 0 Å². The fourth-order valence-electron chi connectivity index (χ4n) is 3.28. The predicted molar refractivity (Wildman–Crippen MR) is 100 cm³/mol. The summed E-state index contributed by atoms with van der Waals surface area (Å²) in [7, 11) is 0. The van der Waals surface area contributed by atoms with Crippen molar-refractivity contribution in [3.8, 4) is 0 Å². The third-order valence-corrected chi connectivity index (χ3v) is 5.19. The number of benzene rings is 1. The molecule has 1 aliphatic carbocycles. The largest absolute Gasteiger partial charge is 0.0955 e. The minimum Gasteiger partial charge on any atom is -0.0955 e. The zero-order valence-corrected chi connectivity index (χ0v) is 14.9. The van der Waals surface area contributed by atoms with Crippen LogP contribution >= 0.6 is 0 Å².